The van der Waals surface area contributed by atoms with Gasteiger partial charge in [-0.2, -0.15) is 0 Å². The molecule has 2 aromatic rings. The molecule has 1 aliphatic rings. The number of methoxy groups -OCH3 is 1. The summed E-state index contributed by atoms with van der Waals surface area (Å²) in [5, 5.41) is 2.56. The molecule has 10 heteroatoms. The normalized spacial score (nSPS) is 12.8. The van der Waals surface area contributed by atoms with Gasteiger partial charge in [-0.05, 0) is 24.3 Å². The number of amides is 1. The molecular formula is C19H20N2O7S. The van der Waals surface area contributed by atoms with Crippen molar-refractivity contribution in [1.29, 1.82) is 0 Å². The Hall–Kier alpha value is -3.27. The lowest BCUT2D eigenvalue weighted by Crippen LogP contribution is -2.37. The summed E-state index contributed by atoms with van der Waals surface area (Å²) >= 11 is 0. The molecule has 0 unspecified atom stereocenters. The quantitative estimate of drug-likeness (QED) is 0.707. The van der Waals surface area contributed by atoms with E-state index in [-0.39, 0.29) is 16.9 Å². The van der Waals surface area contributed by atoms with E-state index >= 15 is 0 Å². The number of fused-ring (bicyclic) bond motifs is 1. The minimum atomic E-state index is -3.78. The van der Waals surface area contributed by atoms with Gasteiger partial charge < -0.3 is 19.5 Å². The highest BCUT2D eigenvalue weighted by Crippen LogP contribution is 2.34. The Labute approximate surface area is 168 Å². The summed E-state index contributed by atoms with van der Waals surface area (Å²) in [5.74, 6) is -0.335. The van der Waals surface area contributed by atoms with Gasteiger partial charge in [0.25, 0.3) is 0 Å². The molecule has 9 nitrogen and oxygen atoms in total. The van der Waals surface area contributed by atoms with E-state index in [9.17, 15) is 18.0 Å². The predicted octanol–water partition coefficient (Wildman–Crippen LogP) is 1.65. The van der Waals surface area contributed by atoms with Crippen molar-refractivity contribution < 1.29 is 32.2 Å². The Morgan fingerprint density at radius 3 is 2.48 bits per heavy atom. The summed E-state index contributed by atoms with van der Waals surface area (Å²) in [4.78, 5) is 24.4. The number of sulfonamides is 1. The SMILES string of the molecule is COC(=O)c1ccccc1NC(=O)CN(c1ccc2c(c1)OCCO2)S(C)(=O)=O. The number of esters is 1. The van der Waals surface area contributed by atoms with Crippen LogP contribution in [0.15, 0.2) is 42.5 Å². The molecule has 29 heavy (non-hydrogen) atoms. The standard InChI is InChI=1S/C19H20N2O7S/c1-26-19(23)14-5-3-4-6-15(14)20-18(22)12-21(29(2,24)25)13-7-8-16-17(11-13)28-10-9-27-16/h3-8,11H,9-10,12H2,1-2H3,(H,20,22). The van der Waals surface area contributed by atoms with Crippen molar-refractivity contribution in [2.75, 3.05) is 42.7 Å². The third-order valence-electron chi connectivity index (χ3n) is 4.11. The number of rotatable bonds is 6. The molecule has 1 N–H and O–H groups in total. The lowest BCUT2D eigenvalue weighted by Gasteiger charge is -2.25. The molecule has 1 heterocycles. The van der Waals surface area contributed by atoms with Crippen LogP contribution in [0.2, 0.25) is 0 Å². The van der Waals surface area contributed by atoms with E-state index in [0.717, 1.165) is 10.6 Å². The van der Waals surface area contributed by atoms with E-state index < -0.39 is 28.4 Å². The van der Waals surface area contributed by atoms with E-state index in [1.807, 2.05) is 0 Å². The average Bonchev–Trinajstić information content (AvgIpc) is 2.70. The second kappa shape index (κ2) is 8.39. The van der Waals surface area contributed by atoms with Crippen molar-refractivity contribution in [2.24, 2.45) is 0 Å². The van der Waals surface area contributed by atoms with Gasteiger partial charge in [0, 0.05) is 6.07 Å². The van der Waals surface area contributed by atoms with Gasteiger partial charge in [-0.3, -0.25) is 9.10 Å². The Balaban J connectivity index is 1.84. The Kier molecular flexibility index (Phi) is 5.92. The molecule has 0 aromatic heterocycles. The second-order valence-corrected chi connectivity index (χ2v) is 8.09. The van der Waals surface area contributed by atoms with Crippen LogP contribution in [-0.2, 0) is 19.6 Å². The van der Waals surface area contributed by atoms with E-state index in [4.69, 9.17) is 14.2 Å². The largest absolute Gasteiger partial charge is 0.486 e. The van der Waals surface area contributed by atoms with E-state index in [0.29, 0.717) is 24.7 Å². The number of para-hydroxylation sites is 1. The molecule has 3 rings (SSSR count). The first-order valence-electron chi connectivity index (χ1n) is 8.64. The number of ether oxygens (including phenoxy) is 3. The number of benzene rings is 2. The summed E-state index contributed by atoms with van der Waals surface area (Å²) in [7, 11) is -2.55. The monoisotopic (exact) mass is 420 g/mol. The van der Waals surface area contributed by atoms with Crippen molar-refractivity contribution in [3.63, 3.8) is 0 Å². The molecule has 0 atom stereocenters. The highest BCUT2D eigenvalue weighted by atomic mass is 32.2. The fourth-order valence-corrected chi connectivity index (χ4v) is 3.64. The maximum Gasteiger partial charge on any atom is 0.339 e. The fraction of sp³-hybridized carbons (Fsp3) is 0.263. The first-order chi connectivity index (χ1) is 13.8. The van der Waals surface area contributed by atoms with Gasteiger partial charge in [-0.15, -0.1) is 0 Å². The van der Waals surface area contributed by atoms with Gasteiger partial charge in [-0.25, -0.2) is 13.2 Å². The Morgan fingerprint density at radius 1 is 1.10 bits per heavy atom. The van der Waals surface area contributed by atoms with Crippen LogP contribution in [0.1, 0.15) is 10.4 Å². The maximum atomic E-state index is 12.6. The van der Waals surface area contributed by atoms with Crippen molar-refractivity contribution in [3.05, 3.63) is 48.0 Å². The number of anilines is 2. The van der Waals surface area contributed by atoms with Gasteiger partial charge in [-0.1, -0.05) is 12.1 Å². The molecular weight excluding hydrogens is 400 g/mol. The molecule has 0 spiro atoms. The summed E-state index contributed by atoms with van der Waals surface area (Å²) in [6.07, 6.45) is 0.999. The third-order valence-corrected chi connectivity index (χ3v) is 5.25. The number of hydrogen-bond acceptors (Lipinski definition) is 7. The zero-order valence-electron chi connectivity index (χ0n) is 15.9. The maximum absolute atomic E-state index is 12.6. The molecule has 154 valence electrons. The van der Waals surface area contributed by atoms with Crippen LogP contribution in [-0.4, -0.2) is 53.4 Å². The van der Waals surface area contributed by atoms with E-state index in [2.05, 4.69) is 5.32 Å². The number of carbonyl (C=O) groups is 2. The van der Waals surface area contributed by atoms with Crippen LogP contribution >= 0.6 is 0 Å². The van der Waals surface area contributed by atoms with Gasteiger partial charge in [0.1, 0.15) is 19.8 Å². The minimum Gasteiger partial charge on any atom is -0.486 e. The fourth-order valence-electron chi connectivity index (χ4n) is 2.79. The predicted molar refractivity (Wildman–Crippen MR) is 106 cm³/mol. The highest BCUT2D eigenvalue weighted by molar-refractivity contribution is 7.92. The van der Waals surface area contributed by atoms with Crippen LogP contribution in [0, 0.1) is 0 Å². The Bertz CT molecular complexity index is 1040. The van der Waals surface area contributed by atoms with Gasteiger partial charge >= 0.3 is 5.97 Å². The molecule has 0 saturated carbocycles. The Morgan fingerprint density at radius 2 is 1.79 bits per heavy atom. The molecule has 0 saturated heterocycles. The van der Waals surface area contributed by atoms with E-state index in [1.165, 1.54) is 31.4 Å². The van der Waals surface area contributed by atoms with Crippen LogP contribution in [0.25, 0.3) is 0 Å². The summed E-state index contributed by atoms with van der Waals surface area (Å²) in [5.41, 5.74) is 0.640. The number of carbonyl (C=O) groups excluding carboxylic acids is 2. The topological polar surface area (TPSA) is 111 Å². The van der Waals surface area contributed by atoms with Crippen LogP contribution < -0.4 is 19.1 Å². The number of nitrogens with zero attached hydrogens (tertiary/aromatic N) is 1. The van der Waals surface area contributed by atoms with Crippen molar-refractivity contribution in [3.8, 4) is 11.5 Å². The number of nitrogens with one attached hydrogen (secondary N) is 1. The van der Waals surface area contributed by atoms with Crippen molar-refractivity contribution >= 4 is 33.3 Å². The first kappa shape index (κ1) is 20.5. The van der Waals surface area contributed by atoms with Gasteiger partial charge in [0.05, 0.1) is 30.3 Å². The van der Waals surface area contributed by atoms with Crippen LogP contribution in [0.3, 0.4) is 0 Å². The van der Waals surface area contributed by atoms with Crippen LogP contribution in [0.4, 0.5) is 11.4 Å². The molecule has 2 aromatic carbocycles. The molecule has 0 fully saturated rings. The summed E-state index contributed by atoms with van der Waals surface area (Å²) < 4.78 is 41.2. The van der Waals surface area contributed by atoms with Crippen molar-refractivity contribution in [2.45, 2.75) is 0 Å². The van der Waals surface area contributed by atoms with Gasteiger partial charge in [0.2, 0.25) is 15.9 Å². The summed E-state index contributed by atoms with van der Waals surface area (Å²) in [6, 6.07) is 10.9. The van der Waals surface area contributed by atoms with Gasteiger partial charge in [0.15, 0.2) is 11.5 Å². The van der Waals surface area contributed by atoms with E-state index in [1.54, 1.807) is 18.2 Å². The lowest BCUT2D eigenvalue weighted by molar-refractivity contribution is -0.114. The molecule has 0 bridgehead atoms. The third kappa shape index (κ3) is 4.77. The molecule has 1 amide bonds. The smallest absolute Gasteiger partial charge is 0.339 e. The minimum absolute atomic E-state index is 0.161. The zero-order chi connectivity index (χ0) is 21.0. The second-order valence-electron chi connectivity index (χ2n) is 6.18. The lowest BCUT2D eigenvalue weighted by atomic mass is 10.2. The zero-order valence-corrected chi connectivity index (χ0v) is 16.7. The van der Waals surface area contributed by atoms with Crippen molar-refractivity contribution in [1.82, 2.24) is 0 Å². The molecule has 0 radical (unpaired) electrons. The summed E-state index contributed by atoms with van der Waals surface area (Å²) in [6.45, 7) is 0.262. The average molecular weight is 420 g/mol. The van der Waals surface area contributed by atoms with Crippen LogP contribution in [0.5, 0.6) is 11.5 Å². The highest BCUT2D eigenvalue weighted by Gasteiger charge is 2.24. The number of hydrogen-bond donors (Lipinski definition) is 1. The molecule has 1 aliphatic heterocycles. The first-order valence-corrected chi connectivity index (χ1v) is 10.5. The molecule has 0 aliphatic carbocycles.